The van der Waals surface area contributed by atoms with Gasteiger partial charge in [0.1, 0.15) is 0 Å². The van der Waals surface area contributed by atoms with Gasteiger partial charge < -0.3 is 20.3 Å². The van der Waals surface area contributed by atoms with Crippen LogP contribution in [0.3, 0.4) is 0 Å². The maximum Gasteiger partial charge on any atom is 0.319 e. The number of carbonyl (C=O) groups excluding carboxylic acids is 1. The minimum absolute atomic E-state index is 0.00874. The Morgan fingerprint density at radius 3 is 2.68 bits per heavy atom. The van der Waals surface area contributed by atoms with Gasteiger partial charge in [0.05, 0.1) is 6.10 Å². The first-order valence-corrected chi connectivity index (χ1v) is 9.49. The molecule has 4 rings (SSSR count). The third kappa shape index (κ3) is 2.99. The summed E-state index contributed by atoms with van der Waals surface area (Å²) < 4.78 is 5.79. The average molecular weight is 343 g/mol. The Labute approximate surface area is 150 Å². The van der Waals surface area contributed by atoms with E-state index in [9.17, 15) is 4.79 Å². The van der Waals surface area contributed by atoms with Crippen LogP contribution in [0.2, 0.25) is 0 Å². The van der Waals surface area contributed by atoms with Crippen LogP contribution in [0.1, 0.15) is 33.6 Å². The molecular formula is C20H29N3O2. The molecule has 0 aromatic heterocycles. The molecule has 3 aliphatic rings. The van der Waals surface area contributed by atoms with Gasteiger partial charge in [0, 0.05) is 48.4 Å². The van der Waals surface area contributed by atoms with Crippen LogP contribution in [-0.4, -0.2) is 37.9 Å². The van der Waals surface area contributed by atoms with Gasteiger partial charge in [-0.3, -0.25) is 0 Å². The van der Waals surface area contributed by atoms with E-state index in [-0.39, 0.29) is 17.5 Å². The fourth-order valence-electron chi connectivity index (χ4n) is 4.85. The van der Waals surface area contributed by atoms with Crippen LogP contribution in [-0.2, 0) is 4.74 Å². The molecule has 2 N–H and O–H groups in total. The lowest BCUT2D eigenvalue weighted by Crippen LogP contribution is -2.67. The van der Waals surface area contributed by atoms with Gasteiger partial charge in [-0.1, -0.05) is 20.8 Å². The molecule has 1 saturated carbocycles. The van der Waals surface area contributed by atoms with E-state index < -0.39 is 0 Å². The van der Waals surface area contributed by atoms with Crippen LogP contribution in [0.4, 0.5) is 16.2 Å². The highest BCUT2D eigenvalue weighted by atomic mass is 16.5. The minimum atomic E-state index is -0.119. The number of ether oxygens (including phenoxy) is 1. The summed E-state index contributed by atoms with van der Waals surface area (Å²) in [6.07, 6.45) is 2.59. The predicted octanol–water partition coefficient (Wildman–Crippen LogP) is 3.47. The van der Waals surface area contributed by atoms with Crippen molar-refractivity contribution in [3.8, 4) is 0 Å². The molecule has 25 heavy (non-hydrogen) atoms. The van der Waals surface area contributed by atoms with Crippen molar-refractivity contribution in [1.82, 2.24) is 5.32 Å². The van der Waals surface area contributed by atoms with Gasteiger partial charge in [-0.15, -0.1) is 0 Å². The molecule has 0 radical (unpaired) electrons. The second-order valence-corrected chi connectivity index (χ2v) is 8.53. The lowest BCUT2D eigenvalue weighted by molar-refractivity contribution is -0.107. The Morgan fingerprint density at radius 2 is 2.00 bits per heavy atom. The van der Waals surface area contributed by atoms with Crippen LogP contribution >= 0.6 is 0 Å². The first kappa shape index (κ1) is 16.7. The number of nitrogens with zero attached hydrogens (tertiary/aromatic N) is 1. The zero-order valence-corrected chi connectivity index (χ0v) is 15.4. The molecule has 2 amide bonds. The Kier molecular flexibility index (Phi) is 4.14. The summed E-state index contributed by atoms with van der Waals surface area (Å²) in [6, 6.07) is 8.25. The van der Waals surface area contributed by atoms with Crippen LogP contribution in [0, 0.1) is 17.3 Å². The number of amides is 2. The molecule has 2 aliphatic heterocycles. The molecule has 5 nitrogen and oxygen atoms in total. The number of rotatable bonds is 3. The number of fused-ring (bicyclic) bond motifs is 1. The molecule has 5 heteroatoms. The van der Waals surface area contributed by atoms with Gasteiger partial charge in [-0.05, 0) is 43.0 Å². The second kappa shape index (κ2) is 6.20. The predicted molar refractivity (Wildman–Crippen MR) is 100 cm³/mol. The Balaban J connectivity index is 1.33. The molecule has 1 aliphatic carbocycles. The number of anilines is 2. The van der Waals surface area contributed by atoms with Crippen molar-refractivity contribution >= 4 is 17.4 Å². The maximum atomic E-state index is 12.4. The van der Waals surface area contributed by atoms with E-state index in [1.165, 1.54) is 12.1 Å². The fourth-order valence-corrected chi connectivity index (χ4v) is 4.85. The van der Waals surface area contributed by atoms with Gasteiger partial charge in [0.25, 0.3) is 0 Å². The topological polar surface area (TPSA) is 53.6 Å². The Bertz CT molecular complexity index is 643. The number of urea groups is 1. The summed E-state index contributed by atoms with van der Waals surface area (Å²) in [5, 5.41) is 6.14. The molecule has 136 valence electrons. The SMILES string of the molecule is C[C@@H]1CCN(c2ccc(NC(=O)N[C@@H]3[C@@H]4CCO[C@@H]4C3(C)C)cc2)C1. The summed E-state index contributed by atoms with van der Waals surface area (Å²) in [5.41, 5.74) is 2.08. The molecule has 3 fully saturated rings. The van der Waals surface area contributed by atoms with E-state index in [1.54, 1.807) is 0 Å². The minimum Gasteiger partial charge on any atom is -0.377 e. The number of carbonyl (C=O) groups is 1. The van der Waals surface area contributed by atoms with Crippen molar-refractivity contribution in [2.45, 2.75) is 45.8 Å². The standard InChI is InChI=1S/C20H29N3O2/c1-13-8-10-23(12-13)15-6-4-14(5-7-15)21-19(24)22-17-16-9-11-25-18(16)20(17,2)3/h4-7,13,16-18H,8-12H2,1-3H3,(H2,21,22,24)/t13-,16+,17-,18+/m1/s1. The van der Waals surface area contributed by atoms with Crippen molar-refractivity contribution in [3.63, 3.8) is 0 Å². The fraction of sp³-hybridized carbons (Fsp3) is 0.650. The first-order chi connectivity index (χ1) is 11.9. The van der Waals surface area contributed by atoms with Crippen LogP contribution in [0.5, 0.6) is 0 Å². The smallest absolute Gasteiger partial charge is 0.319 e. The highest BCUT2D eigenvalue weighted by molar-refractivity contribution is 5.89. The van der Waals surface area contributed by atoms with Crippen molar-refractivity contribution in [1.29, 1.82) is 0 Å². The quantitative estimate of drug-likeness (QED) is 0.884. The lowest BCUT2D eigenvalue weighted by atomic mass is 9.57. The van der Waals surface area contributed by atoms with Crippen molar-refractivity contribution < 1.29 is 9.53 Å². The monoisotopic (exact) mass is 343 g/mol. The largest absolute Gasteiger partial charge is 0.377 e. The summed E-state index contributed by atoms with van der Waals surface area (Å²) in [7, 11) is 0. The highest BCUT2D eigenvalue weighted by Gasteiger charge is 2.59. The molecule has 1 aromatic carbocycles. The van der Waals surface area contributed by atoms with Crippen LogP contribution in [0.25, 0.3) is 0 Å². The first-order valence-electron chi connectivity index (χ1n) is 9.49. The molecule has 0 unspecified atom stereocenters. The summed E-state index contributed by atoms with van der Waals surface area (Å²) in [5.74, 6) is 1.22. The van der Waals surface area contributed by atoms with Crippen molar-refractivity contribution in [2.24, 2.45) is 17.3 Å². The number of nitrogens with one attached hydrogen (secondary N) is 2. The zero-order chi connectivity index (χ0) is 17.6. The van der Waals surface area contributed by atoms with Crippen molar-refractivity contribution in [3.05, 3.63) is 24.3 Å². The number of hydrogen-bond acceptors (Lipinski definition) is 3. The Hall–Kier alpha value is -1.75. The van der Waals surface area contributed by atoms with Gasteiger partial charge in [-0.25, -0.2) is 4.79 Å². The lowest BCUT2D eigenvalue weighted by Gasteiger charge is -2.54. The highest BCUT2D eigenvalue weighted by Crippen LogP contribution is 2.52. The van der Waals surface area contributed by atoms with Gasteiger partial charge >= 0.3 is 6.03 Å². The van der Waals surface area contributed by atoms with E-state index in [4.69, 9.17) is 4.74 Å². The third-order valence-electron chi connectivity index (χ3n) is 6.30. The molecule has 4 atom stereocenters. The number of hydrogen-bond donors (Lipinski definition) is 2. The van der Waals surface area contributed by atoms with E-state index >= 15 is 0 Å². The van der Waals surface area contributed by atoms with Crippen molar-refractivity contribution in [2.75, 3.05) is 29.9 Å². The average Bonchev–Trinajstić information content (AvgIpc) is 3.21. The van der Waals surface area contributed by atoms with Gasteiger partial charge in [0.2, 0.25) is 0 Å². The summed E-state index contributed by atoms with van der Waals surface area (Å²) >= 11 is 0. The molecule has 2 saturated heterocycles. The maximum absolute atomic E-state index is 12.4. The van der Waals surface area contributed by atoms with E-state index in [0.29, 0.717) is 12.0 Å². The van der Waals surface area contributed by atoms with E-state index in [2.05, 4.69) is 48.4 Å². The van der Waals surface area contributed by atoms with Crippen LogP contribution in [0.15, 0.2) is 24.3 Å². The molecule has 0 bridgehead atoms. The second-order valence-electron chi connectivity index (χ2n) is 8.53. The van der Waals surface area contributed by atoms with Gasteiger partial charge in [-0.2, -0.15) is 0 Å². The normalized spacial score (nSPS) is 32.8. The molecular weight excluding hydrogens is 314 g/mol. The van der Waals surface area contributed by atoms with Crippen LogP contribution < -0.4 is 15.5 Å². The molecule has 1 aromatic rings. The molecule has 2 heterocycles. The number of benzene rings is 1. The molecule has 0 spiro atoms. The van der Waals surface area contributed by atoms with E-state index in [0.717, 1.165) is 37.7 Å². The van der Waals surface area contributed by atoms with E-state index in [1.807, 2.05) is 12.1 Å². The zero-order valence-electron chi connectivity index (χ0n) is 15.4. The third-order valence-corrected chi connectivity index (χ3v) is 6.30. The summed E-state index contributed by atoms with van der Waals surface area (Å²) in [6.45, 7) is 9.70. The summed E-state index contributed by atoms with van der Waals surface area (Å²) in [4.78, 5) is 14.8. The Morgan fingerprint density at radius 1 is 1.24 bits per heavy atom. The van der Waals surface area contributed by atoms with Gasteiger partial charge in [0.15, 0.2) is 0 Å².